The molecule has 0 N–H and O–H groups in total. The van der Waals surface area contributed by atoms with Crippen molar-refractivity contribution in [2.75, 3.05) is 0 Å². The van der Waals surface area contributed by atoms with Gasteiger partial charge in [0.15, 0.2) is 0 Å². The fourth-order valence-corrected chi connectivity index (χ4v) is 10.1. The van der Waals surface area contributed by atoms with E-state index in [9.17, 15) is 0 Å². The molecule has 1 atom stereocenters. The molecule has 0 bridgehead atoms. The highest BCUT2D eigenvalue weighted by Gasteiger charge is 2.36. The van der Waals surface area contributed by atoms with E-state index in [-0.39, 0.29) is 5.41 Å². The Kier molecular flexibility index (Phi) is 5.77. The minimum Gasteiger partial charge on any atom is -0.0830 e. The molecule has 248 valence electrons. The van der Waals surface area contributed by atoms with Gasteiger partial charge in [0.1, 0.15) is 0 Å². The fraction of sp³-hybridized carbons (Fsp3) is 0.0943. The first-order chi connectivity index (χ1) is 26.0. The van der Waals surface area contributed by atoms with Gasteiger partial charge in [-0.3, -0.25) is 0 Å². The van der Waals surface area contributed by atoms with Crippen LogP contribution in [0.5, 0.6) is 0 Å². The Balaban J connectivity index is 0.885. The Bertz CT molecular complexity index is 3030. The van der Waals surface area contributed by atoms with E-state index < -0.39 is 0 Å². The smallest absolute Gasteiger partial charge is 0.0159 e. The predicted octanol–water partition coefficient (Wildman–Crippen LogP) is 14.6. The van der Waals surface area contributed by atoms with Crippen molar-refractivity contribution in [2.24, 2.45) is 0 Å². The molecule has 0 aliphatic heterocycles. The molecule has 1 unspecified atom stereocenters. The minimum absolute atomic E-state index is 0.110. The summed E-state index contributed by atoms with van der Waals surface area (Å²) in [6.07, 6.45) is 10.5. The minimum atomic E-state index is -0.110. The average Bonchev–Trinajstić information content (AvgIpc) is 3.43. The van der Waals surface area contributed by atoms with Gasteiger partial charge in [0.25, 0.3) is 0 Å². The van der Waals surface area contributed by atoms with E-state index in [0.717, 1.165) is 6.42 Å². The highest BCUT2D eigenvalue weighted by atomic mass is 14.4. The summed E-state index contributed by atoms with van der Waals surface area (Å²) >= 11 is 0. The van der Waals surface area contributed by atoms with Crippen LogP contribution in [0.25, 0.3) is 99.7 Å². The zero-order valence-corrected chi connectivity index (χ0v) is 29.9. The Morgan fingerprint density at radius 2 is 0.962 bits per heavy atom. The van der Waals surface area contributed by atoms with E-state index >= 15 is 0 Å². The lowest BCUT2D eigenvalue weighted by atomic mass is 9.78. The summed E-state index contributed by atoms with van der Waals surface area (Å²) in [5.74, 6) is 0.503. The first-order valence-electron chi connectivity index (χ1n) is 19.0. The van der Waals surface area contributed by atoms with Crippen molar-refractivity contribution in [1.29, 1.82) is 0 Å². The van der Waals surface area contributed by atoms with Crippen molar-refractivity contribution in [3.8, 4) is 44.5 Å². The van der Waals surface area contributed by atoms with Gasteiger partial charge in [-0.05, 0) is 158 Å². The summed E-state index contributed by atoms with van der Waals surface area (Å²) in [5, 5.41) is 10.8. The van der Waals surface area contributed by atoms with E-state index in [4.69, 9.17) is 0 Å². The van der Waals surface area contributed by atoms with Crippen LogP contribution in [0.1, 0.15) is 54.0 Å². The van der Waals surface area contributed by atoms with Crippen molar-refractivity contribution in [2.45, 2.75) is 31.6 Å². The molecule has 0 spiro atoms. The molecule has 0 saturated carbocycles. The van der Waals surface area contributed by atoms with Crippen molar-refractivity contribution in [3.63, 3.8) is 0 Å². The molecular formula is C53H36. The van der Waals surface area contributed by atoms with Crippen LogP contribution < -0.4 is 0 Å². The van der Waals surface area contributed by atoms with Gasteiger partial charge in [-0.1, -0.05) is 141 Å². The van der Waals surface area contributed by atoms with E-state index in [1.54, 1.807) is 0 Å². The number of fused-ring (bicyclic) bond motifs is 3. The first-order valence-corrected chi connectivity index (χ1v) is 19.0. The van der Waals surface area contributed by atoms with Crippen molar-refractivity contribution >= 4 is 55.2 Å². The number of hydrogen-bond acceptors (Lipinski definition) is 0. The van der Waals surface area contributed by atoms with E-state index in [2.05, 4.69) is 178 Å². The molecule has 53 heavy (non-hydrogen) atoms. The van der Waals surface area contributed by atoms with Crippen LogP contribution in [0.3, 0.4) is 0 Å². The first kappa shape index (κ1) is 29.3. The molecule has 0 nitrogen and oxygen atoms in total. The van der Waals surface area contributed by atoms with Gasteiger partial charge in [0, 0.05) is 11.3 Å². The summed E-state index contributed by atoms with van der Waals surface area (Å²) in [6, 6.07) is 53.3. The number of hydrogen-bond donors (Lipinski definition) is 0. The topological polar surface area (TPSA) is 0 Å². The maximum absolute atomic E-state index is 2.45. The van der Waals surface area contributed by atoms with Gasteiger partial charge in [-0.2, -0.15) is 0 Å². The van der Waals surface area contributed by atoms with Gasteiger partial charge in [0.05, 0.1) is 0 Å². The lowest BCUT2D eigenvalue weighted by molar-refractivity contribution is 0.661. The standard InChI is InChI=1S/C53H36/c1-53(2)47-29-37(31-9-11-32(12-10-31)43-25-39-17-13-33-5-3-6-34-14-18-40(26-43)51(39)49(33)34)21-23-45(47)46-24-22-38(30-48(46)53)44-27-41-19-15-35-7-4-8-36-16-20-42(28-44)52(41)50(35)36/h3-5,7-30,34H,6H2,1-2H3. The zero-order valence-electron chi connectivity index (χ0n) is 29.9. The second-order valence-corrected chi connectivity index (χ2v) is 16.1. The second-order valence-electron chi connectivity index (χ2n) is 16.1. The van der Waals surface area contributed by atoms with Crippen LogP contribution in [0, 0.1) is 0 Å². The molecule has 9 aromatic carbocycles. The second kappa shape index (κ2) is 10.4. The van der Waals surface area contributed by atoms with Crippen LogP contribution in [0.15, 0.2) is 152 Å². The largest absolute Gasteiger partial charge is 0.0830 e. The summed E-state index contributed by atoms with van der Waals surface area (Å²) in [6.45, 7) is 4.79. The van der Waals surface area contributed by atoms with Gasteiger partial charge in [-0.25, -0.2) is 0 Å². The number of benzene rings is 9. The summed E-state index contributed by atoms with van der Waals surface area (Å²) < 4.78 is 0. The normalized spacial score (nSPS) is 16.2. The molecule has 3 aliphatic rings. The molecule has 0 amide bonds. The molecule has 0 fully saturated rings. The Hall–Kier alpha value is -6.24. The van der Waals surface area contributed by atoms with E-state index in [1.807, 2.05) is 0 Å². The molecule has 0 radical (unpaired) electrons. The van der Waals surface area contributed by atoms with Crippen molar-refractivity contribution in [3.05, 3.63) is 179 Å². The Morgan fingerprint density at radius 3 is 1.64 bits per heavy atom. The molecule has 0 heteroatoms. The lowest BCUT2D eigenvalue weighted by Crippen LogP contribution is -2.15. The van der Waals surface area contributed by atoms with Crippen LogP contribution in [0.4, 0.5) is 0 Å². The number of rotatable bonds is 3. The zero-order chi connectivity index (χ0) is 35.0. The van der Waals surface area contributed by atoms with Crippen LogP contribution in [0.2, 0.25) is 0 Å². The molecule has 9 aromatic rings. The molecule has 3 aliphatic carbocycles. The monoisotopic (exact) mass is 672 g/mol. The number of allylic oxidation sites excluding steroid dienone is 2. The van der Waals surface area contributed by atoms with Crippen LogP contribution in [-0.4, -0.2) is 0 Å². The fourth-order valence-electron chi connectivity index (χ4n) is 10.1. The maximum atomic E-state index is 2.45. The third kappa shape index (κ3) is 4.12. The molecular weight excluding hydrogens is 637 g/mol. The van der Waals surface area contributed by atoms with Gasteiger partial charge in [-0.15, -0.1) is 0 Å². The quantitative estimate of drug-likeness (QED) is 0.164. The van der Waals surface area contributed by atoms with Crippen molar-refractivity contribution in [1.82, 2.24) is 0 Å². The maximum Gasteiger partial charge on any atom is 0.0159 e. The third-order valence-electron chi connectivity index (χ3n) is 12.8. The van der Waals surface area contributed by atoms with Crippen LogP contribution >= 0.6 is 0 Å². The van der Waals surface area contributed by atoms with Crippen molar-refractivity contribution < 1.29 is 0 Å². The summed E-state index contributed by atoms with van der Waals surface area (Å²) in [5.41, 5.74) is 17.2. The van der Waals surface area contributed by atoms with Gasteiger partial charge >= 0.3 is 0 Å². The SMILES string of the molecule is CC1(C)c2cc(-c3ccc(-c4cc5c6c7c(ccc6c4)C=CCC7C=C5)cc3)ccc2-c2ccc(-c3cc4ccc5cccc6ccc(c3)c4c56)cc21. The highest BCUT2D eigenvalue weighted by Crippen LogP contribution is 2.51. The third-order valence-corrected chi connectivity index (χ3v) is 12.8. The molecule has 0 aromatic heterocycles. The molecule has 12 rings (SSSR count). The van der Waals surface area contributed by atoms with E-state index in [1.165, 1.54) is 115 Å². The molecule has 0 heterocycles. The van der Waals surface area contributed by atoms with Gasteiger partial charge < -0.3 is 0 Å². The highest BCUT2D eigenvalue weighted by molar-refractivity contribution is 6.23. The predicted molar refractivity (Wildman–Crippen MR) is 227 cm³/mol. The van der Waals surface area contributed by atoms with E-state index in [0.29, 0.717) is 5.92 Å². The summed E-state index contributed by atoms with van der Waals surface area (Å²) in [7, 11) is 0. The molecule has 0 saturated heterocycles. The average molecular weight is 673 g/mol. The van der Waals surface area contributed by atoms with Crippen LogP contribution in [-0.2, 0) is 5.41 Å². The summed E-state index contributed by atoms with van der Waals surface area (Å²) in [4.78, 5) is 0. The lowest BCUT2D eigenvalue weighted by Gasteiger charge is -2.26. The Labute approximate surface area is 309 Å². The Morgan fingerprint density at radius 1 is 0.434 bits per heavy atom. The van der Waals surface area contributed by atoms with Gasteiger partial charge in [0.2, 0.25) is 0 Å².